The van der Waals surface area contributed by atoms with Crippen LogP contribution in [0.2, 0.25) is 0 Å². The second-order valence-corrected chi connectivity index (χ2v) is 5.97. The van der Waals surface area contributed by atoms with Crippen LogP contribution in [0.5, 0.6) is 0 Å². The lowest BCUT2D eigenvalue weighted by Crippen LogP contribution is -2.46. The molecule has 2 rings (SSSR count). The third-order valence-corrected chi connectivity index (χ3v) is 4.01. The summed E-state index contributed by atoms with van der Waals surface area (Å²) in [5.74, 6) is -0.729. The fourth-order valence-electron chi connectivity index (χ4n) is 2.70. The van der Waals surface area contributed by atoms with Gasteiger partial charge in [-0.15, -0.1) is 0 Å². The van der Waals surface area contributed by atoms with E-state index in [9.17, 15) is 18.4 Å². The predicted molar refractivity (Wildman–Crippen MR) is 94.6 cm³/mol. The molecule has 1 aliphatic heterocycles. The van der Waals surface area contributed by atoms with Gasteiger partial charge in [0.2, 0.25) is 11.8 Å². The number of benzene rings is 1. The number of rotatable bonds is 7. The molecule has 0 saturated carbocycles. The second-order valence-electron chi connectivity index (χ2n) is 5.97. The SMILES string of the molecule is CCNC(=NCCc1cc(F)ccc1F)NCCN1C(=O)CCCC1=O. The largest absolute Gasteiger partial charge is 0.357 e. The van der Waals surface area contributed by atoms with Crippen LogP contribution in [-0.4, -0.2) is 48.9 Å². The molecule has 0 bridgehead atoms. The Balaban J connectivity index is 1.85. The number of likely N-dealkylation sites (tertiary alicyclic amines) is 1. The fraction of sp³-hybridized carbons (Fsp3) is 0.500. The maximum Gasteiger partial charge on any atom is 0.229 e. The zero-order chi connectivity index (χ0) is 18.9. The van der Waals surface area contributed by atoms with Gasteiger partial charge in [0.25, 0.3) is 0 Å². The van der Waals surface area contributed by atoms with Gasteiger partial charge in [-0.25, -0.2) is 8.78 Å². The molecule has 6 nitrogen and oxygen atoms in total. The Kier molecular flexibility index (Phi) is 7.50. The van der Waals surface area contributed by atoms with Gasteiger partial charge in [-0.3, -0.25) is 19.5 Å². The van der Waals surface area contributed by atoms with Crippen LogP contribution in [-0.2, 0) is 16.0 Å². The van der Waals surface area contributed by atoms with Gasteiger partial charge in [-0.1, -0.05) is 0 Å². The third-order valence-electron chi connectivity index (χ3n) is 4.01. The first kappa shape index (κ1) is 19.8. The molecule has 1 fully saturated rings. The van der Waals surface area contributed by atoms with Crippen LogP contribution < -0.4 is 10.6 Å². The molecule has 0 aliphatic carbocycles. The molecule has 1 aromatic carbocycles. The maximum atomic E-state index is 13.6. The molecule has 0 atom stereocenters. The van der Waals surface area contributed by atoms with Crippen molar-refractivity contribution in [2.45, 2.75) is 32.6 Å². The average Bonchev–Trinajstić information content (AvgIpc) is 2.60. The number of halogens is 2. The van der Waals surface area contributed by atoms with Crippen LogP contribution in [0, 0.1) is 11.6 Å². The quantitative estimate of drug-likeness (QED) is 0.437. The van der Waals surface area contributed by atoms with Gasteiger partial charge in [0, 0.05) is 39.0 Å². The highest BCUT2D eigenvalue weighted by Crippen LogP contribution is 2.11. The minimum Gasteiger partial charge on any atom is -0.357 e. The van der Waals surface area contributed by atoms with Crippen molar-refractivity contribution in [3.05, 3.63) is 35.4 Å². The number of carbonyl (C=O) groups is 2. The van der Waals surface area contributed by atoms with Crippen molar-refractivity contribution in [1.82, 2.24) is 15.5 Å². The first-order valence-electron chi connectivity index (χ1n) is 8.80. The van der Waals surface area contributed by atoms with Crippen molar-refractivity contribution in [3.63, 3.8) is 0 Å². The van der Waals surface area contributed by atoms with Crippen molar-refractivity contribution < 1.29 is 18.4 Å². The van der Waals surface area contributed by atoms with Gasteiger partial charge in [0.15, 0.2) is 5.96 Å². The third kappa shape index (κ3) is 5.79. The lowest BCUT2D eigenvalue weighted by molar-refractivity contribution is -0.147. The molecule has 0 aromatic heterocycles. The number of carbonyl (C=O) groups excluding carboxylic acids is 2. The molecule has 0 radical (unpaired) electrons. The number of aliphatic imine (C=N–C) groups is 1. The van der Waals surface area contributed by atoms with E-state index in [2.05, 4.69) is 15.6 Å². The van der Waals surface area contributed by atoms with E-state index in [1.807, 2.05) is 6.92 Å². The lowest BCUT2D eigenvalue weighted by Gasteiger charge is -2.25. The number of piperidine rings is 1. The van der Waals surface area contributed by atoms with Crippen LogP contribution in [0.15, 0.2) is 23.2 Å². The molecule has 0 spiro atoms. The van der Waals surface area contributed by atoms with Gasteiger partial charge in [0.05, 0.1) is 0 Å². The summed E-state index contributed by atoms with van der Waals surface area (Å²) >= 11 is 0. The molecule has 1 saturated heterocycles. The summed E-state index contributed by atoms with van der Waals surface area (Å²) in [5.41, 5.74) is 0.272. The molecule has 1 heterocycles. The zero-order valence-corrected chi connectivity index (χ0v) is 14.9. The number of guanidine groups is 1. The highest BCUT2D eigenvalue weighted by atomic mass is 19.1. The van der Waals surface area contributed by atoms with Gasteiger partial charge in [-0.2, -0.15) is 0 Å². The molecule has 0 unspecified atom stereocenters. The van der Waals surface area contributed by atoms with Gasteiger partial charge in [0.1, 0.15) is 11.6 Å². The normalized spacial score (nSPS) is 15.3. The first-order valence-corrected chi connectivity index (χ1v) is 8.80. The number of nitrogens with one attached hydrogen (secondary N) is 2. The van der Waals surface area contributed by atoms with Crippen LogP contribution in [0.1, 0.15) is 31.7 Å². The second kappa shape index (κ2) is 9.84. The van der Waals surface area contributed by atoms with E-state index in [4.69, 9.17) is 0 Å². The summed E-state index contributed by atoms with van der Waals surface area (Å²) in [4.78, 5) is 29.1. The standard InChI is InChI=1S/C18H24F2N4O2/c1-2-21-18(22-9-8-13-12-14(19)6-7-15(13)20)23-10-11-24-16(25)4-3-5-17(24)26/h6-7,12H,2-5,8-11H2,1H3,(H2,21,22,23). The smallest absolute Gasteiger partial charge is 0.229 e. The molecular formula is C18H24F2N4O2. The Labute approximate surface area is 151 Å². The molecule has 2 amide bonds. The Bertz CT molecular complexity index is 663. The summed E-state index contributed by atoms with van der Waals surface area (Å²) in [6.07, 6.45) is 1.68. The van der Waals surface area contributed by atoms with E-state index in [0.29, 0.717) is 38.3 Å². The van der Waals surface area contributed by atoms with Gasteiger partial charge >= 0.3 is 0 Å². The van der Waals surface area contributed by atoms with Gasteiger partial charge < -0.3 is 10.6 Å². The minimum atomic E-state index is -0.480. The topological polar surface area (TPSA) is 73.8 Å². The van der Waals surface area contributed by atoms with Crippen LogP contribution in [0.25, 0.3) is 0 Å². The molecule has 26 heavy (non-hydrogen) atoms. The Hall–Kier alpha value is -2.51. The molecular weight excluding hydrogens is 342 g/mol. The fourth-order valence-corrected chi connectivity index (χ4v) is 2.70. The van der Waals surface area contributed by atoms with E-state index >= 15 is 0 Å². The van der Waals surface area contributed by atoms with E-state index < -0.39 is 11.6 Å². The zero-order valence-electron chi connectivity index (χ0n) is 14.9. The molecule has 1 aromatic rings. The number of hydrogen-bond donors (Lipinski definition) is 2. The predicted octanol–water partition coefficient (Wildman–Crippen LogP) is 1.60. The highest BCUT2D eigenvalue weighted by molar-refractivity contribution is 5.97. The van der Waals surface area contributed by atoms with Crippen LogP contribution in [0.3, 0.4) is 0 Å². The first-order chi connectivity index (χ1) is 12.5. The van der Waals surface area contributed by atoms with Crippen molar-refractivity contribution in [3.8, 4) is 0 Å². The lowest BCUT2D eigenvalue weighted by atomic mass is 10.1. The van der Waals surface area contributed by atoms with Gasteiger partial charge in [-0.05, 0) is 43.5 Å². The Morgan fingerprint density at radius 2 is 1.92 bits per heavy atom. The Morgan fingerprint density at radius 3 is 2.62 bits per heavy atom. The average molecular weight is 366 g/mol. The van der Waals surface area contributed by atoms with E-state index in [0.717, 1.165) is 12.1 Å². The van der Waals surface area contributed by atoms with Crippen molar-refractivity contribution in [1.29, 1.82) is 0 Å². The molecule has 1 aliphatic rings. The Morgan fingerprint density at radius 1 is 1.19 bits per heavy atom. The summed E-state index contributed by atoms with van der Waals surface area (Å²) < 4.78 is 26.8. The van der Waals surface area contributed by atoms with E-state index in [-0.39, 0.29) is 36.9 Å². The number of nitrogens with zero attached hydrogens (tertiary/aromatic N) is 2. The van der Waals surface area contributed by atoms with E-state index in [1.54, 1.807) is 0 Å². The maximum absolute atomic E-state index is 13.6. The van der Waals surface area contributed by atoms with Crippen molar-refractivity contribution in [2.24, 2.45) is 4.99 Å². The minimum absolute atomic E-state index is 0.147. The molecule has 8 heteroatoms. The van der Waals surface area contributed by atoms with Crippen molar-refractivity contribution in [2.75, 3.05) is 26.2 Å². The highest BCUT2D eigenvalue weighted by Gasteiger charge is 2.25. The van der Waals surface area contributed by atoms with E-state index in [1.165, 1.54) is 11.0 Å². The van der Waals surface area contributed by atoms with Crippen molar-refractivity contribution >= 4 is 17.8 Å². The summed E-state index contributed by atoms with van der Waals surface area (Å²) in [5, 5.41) is 6.08. The molecule has 2 N–H and O–H groups in total. The molecule has 142 valence electrons. The number of hydrogen-bond acceptors (Lipinski definition) is 3. The monoisotopic (exact) mass is 366 g/mol. The summed E-state index contributed by atoms with van der Waals surface area (Å²) in [6.45, 7) is 3.46. The van der Waals surface area contributed by atoms with Crippen LogP contribution in [0.4, 0.5) is 8.78 Å². The van der Waals surface area contributed by atoms with Crippen LogP contribution >= 0.6 is 0 Å². The number of imide groups is 1. The summed E-state index contributed by atoms with van der Waals surface area (Å²) in [7, 11) is 0. The number of amides is 2. The summed E-state index contributed by atoms with van der Waals surface area (Å²) in [6, 6.07) is 3.35.